The Morgan fingerprint density at radius 3 is 2.14 bits per heavy atom. The van der Waals surface area contributed by atoms with Crippen LogP contribution < -0.4 is 10.6 Å². The van der Waals surface area contributed by atoms with E-state index in [1.54, 1.807) is 0 Å². The van der Waals surface area contributed by atoms with Crippen molar-refractivity contribution in [3.05, 3.63) is 0 Å². The fraction of sp³-hybridized carbons (Fsp3) is 0.875. The van der Waals surface area contributed by atoms with Gasteiger partial charge in [0.25, 0.3) is 0 Å². The highest BCUT2D eigenvalue weighted by atomic mass is 16.2. The Labute approximate surface area is 127 Å². The monoisotopic (exact) mass is 295 g/mol. The van der Waals surface area contributed by atoms with Crippen molar-refractivity contribution in [2.24, 2.45) is 0 Å². The van der Waals surface area contributed by atoms with Crippen LogP contribution in [0.5, 0.6) is 0 Å². The maximum Gasteiger partial charge on any atom is 0.321 e. The van der Waals surface area contributed by atoms with E-state index in [1.165, 1.54) is 32.1 Å². The molecule has 2 aliphatic rings. The topological polar surface area (TPSA) is 61.4 Å². The number of nitrogens with zero attached hydrogens (tertiary/aromatic N) is 1. The lowest BCUT2D eigenvalue weighted by atomic mass is 9.96. The van der Waals surface area contributed by atoms with E-state index in [0.717, 1.165) is 38.8 Å². The third-order valence-electron chi connectivity index (χ3n) is 4.74. The Kier molecular flexibility index (Phi) is 6.49. The van der Waals surface area contributed by atoms with Gasteiger partial charge in [0, 0.05) is 6.04 Å². The van der Waals surface area contributed by atoms with Crippen molar-refractivity contribution in [3.63, 3.8) is 0 Å². The van der Waals surface area contributed by atoms with Gasteiger partial charge in [0.2, 0.25) is 5.91 Å². The average Bonchev–Trinajstić information content (AvgIpc) is 2.76. The van der Waals surface area contributed by atoms with E-state index in [1.807, 2.05) is 6.92 Å². The smallest absolute Gasteiger partial charge is 0.321 e. The first-order chi connectivity index (χ1) is 10.2. The molecule has 0 aromatic heterocycles. The van der Waals surface area contributed by atoms with Crippen LogP contribution in [0.2, 0.25) is 0 Å². The second-order valence-corrected chi connectivity index (χ2v) is 6.42. The zero-order chi connectivity index (χ0) is 15.1. The summed E-state index contributed by atoms with van der Waals surface area (Å²) < 4.78 is 0. The van der Waals surface area contributed by atoms with Gasteiger partial charge in [-0.05, 0) is 45.7 Å². The summed E-state index contributed by atoms with van der Waals surface area (Å²) >= 11 is 0. The molecule has 1 atom stereocenters. The molecule has 1 aliphatic heterocycles. The van der Waals surface area contributed by atoms with E-state index in [2.05, 4.69) is 15.5 Å². The second-order valence-electron chi connectivity index (χ2n) is 6.42. The summed E-state index contributed by atoms with van der Waals surface area (Å²) in [5.41, 5.74) is 0. The lowest BCUT2D eigenvalue weighted by molar-refractivity contribution is -0.124. The van der Waals surface area contributed by atoms with Crippen LogP contribution >= 0.6 is 0 Å². The average molecular weight is 295 g/mol. The molecule has 0 spiro atoms. The lowest BCUT2D eigenvalue weighted by Gasteiger charge is -2.27. The second kappa shape index (κ2) is 8.37. The first kappa shape index (κ1) is 16.3. The van der Waals surface area contributed by atoms with Crippen LogP contribution in [0.1, 0.15) is 64.7 Å². The maximum absolute atomic E-state index is 12.2. The van der Waals surface area contributed by atoms with E-state index in [4.69, 9.17) is 0 Å². The van der Waals surface area contributed by atoms with Crippen LogP contribution in [0.25, 0.3) is 0 Å². The van der Waals surface area contributed by atoms with Gasteiger partial charge in [-0.25, -0.2) is 4.79 Å². The van der Waals surface area contributed by atoms with Crippen molar-refractivity contribution in [1.82, 2.24) is 15.5 Å². The Balaban J connectivity index is 1.74. The van der Waals surface area contributed by atoms with Crippen molar-refractivity contribution < 1.29 is 9.59 Å². The molecule has 21 heavy (non-hydrogen) atoms. The SMILES string of the molecule is C[C@@H](C(=O)NC(=O)NC1CCCCC1)N1CCCCCC1. The molecule has 3 amide bonds. The maximum atomic E-state index is 12.2. The van der Waals surface area contributed by atoms with Gasteiger partial charge in [-0.1, -0.05) is 32.1 Å². The summed E-state index contributed by atoms with van der Waals surface area (Å²) in [5, 5.41) is 5.44. The van der Waals surface area contributed by atoms with Gasteiger partial charge in [-0.3, -0.25) is 15.0 Å². The molecule has 1 saturated carbocycles. The summed E-state index contributed by atoms with van der Waals surface area (Å²) in [6.45, 7) is 3.81. The minimum Gasteiger partial charge on any atom is -0.335 e. The molecule has 2 N–H and O–H groups in total. The molecule has 0 unspecified atom stereocenters. The molecule has 2 fully saturated rings. The molecular weight excluding hydrogens is 266 g/mol. The first-order valence-electron chi connectivity index (χ1n) is 8.52. The van der Waals surface area contributed by atoms with Gasteiger partial charge < -0.3 is 5.32 Å². The fourth-order valence-corrected chi connectivity index (χ4v) is 3.33. The molecule has 120 valence electrons. The number of carbonyl (C=O) groups excluding carboxylic acids is 2. The minimum atomic E-state index is -0.325. The molecule has 1 aliphatic carbocycles. The van der Waals surface area contributed by atoms with E-state index in [9.17, 15) is 9.59 Å². The molecule has 1 saturated heterocycles. The van der Waals surface area contributed by atoms with Crippen molar-refractivity contribution in [2.75, 3.05) is 13.1 Å². The van der Waals surface area contributed by atoms with Crippen molar-refractivity contribution in [1.29, 1.82) is 0 Å². The largest absolute Gasteiger partial charge is 0.335 e. The van der Waals surface area contributed by atoms with Gasteiger partial charge in [-0.15, -0.1) is 0 Å². The van der Waals surface area contributed by atoms with E-state index in [-0.39, 0.29) is 24.0 Å². The van der Waals surface area contributed by atoms with Gasteiger partial charge in [0.1, 0.15) is 0 Å². The molecule has 0 bridgehead atoms. The molecular formula is C16H29N3O2. The van der Waals surface area contributed by atoms with Gasteiger partial charge in [0.15, 0.2) is 0 Å². The van der Waals surface area contributed by atoms with Crippen LogP contribution in [-0.2, 0) is 4.79 Å². The highest BCUT2D eigenvalue weighted by Gasteiger charge is 2.24. The molecule has 2 rings (SSSR count). The number of hydrogen-bond donors (Lipinski definition) is 2. The number of imide groups is 1. The highest BCUT2D eigenvalue weighted by Crippen LogP contribution is 2.17. The Hall–Kier alpha value is -1.10. The quantitative estimate of drug-likeness (QED) is 0.840. The summed E-state index contributed by atoms with van der Waals surface area (Å²) in [7, 11) is 0. The van der Waals surface area contributed by atoms with Crippen molar-refractivity contribution in [2.45, 2.75) is 76.8 Å². The highest BCUT2D eigenvalue weighted by molar-refractivity contribution is 5.96. The van der Waals surface area contributed by atoms with Crippen LogP contribution in [-0.4, -0.2) is 42.0 Å². The normalized spacial score (nSPS) is 23.1. The Morgan fingerprint density at radius 2 is 1.52 bits per heavy atom. The van der Waals surface area contributed by atoms with Crippen LogP contribution in [0, 0.1) is 0 Å². The van der Waals surface area contributed by atoms with Crippen LogP contribution in [0.15, 0.2) is 0 Å². The lowest BCUT2D eigenvalue weighted by Crippen LogP contribution is -2.51. The number of carbonyl (C=O) groups is 2. The number of hydrogen-bond acceptors (Lipinski definition) is 3. The van der Waals surface area contributed by atoms with Crippen LogP contribution in [0.3, 0.4) is 0 Å². The number of likely N-dealkylation sites (tertiary alicyclic amines) is 1. The molecule has 0 aromatic carbocycles. The Morgan fingerprint density at radius 1 is 0.952 bits per heavy atom. The molecule has 5 nitrogen and oxygen atoms in total. The third-order valence-corrected chi connectivity index (χ3v) is 4.74. The zero-order valence-electron chi connectivity index (χ0n) is 13.2. The summed E-state index contributed by atoms with van der Waals surface area (Å²) in [6, 6.07) is -0.311. The summed E-state index contributed by atoms with van der Waals surface area (Å²) in [4.78, 5) is 26.3. The third kappa shape index (κ3) is 5.30. The fourth-order valence-electron chi connectivity index (χ4n) is 3.33. The predicted molar refractivity (Wildman–Crippen MR) is 83.1 cm³/mol. The predicted octanol–water partition coefficient (Wildman–Crippen LogP) is 2.41. The minimum absolute atomic E-state index is 0.176. The van der Waals surface area contributed by atoms with Gasteiger partial charge in [-0.2, -0.15) is 0 Å². The number of rotatable bonds is 3. The number of amides is 3. The molecule has 5 heteroatoms. The molecule has 1 heterocycles. The van der Waals surface area contributed by atoms with Crippen LogP contribution in [0.4, 0.5) is 4.79 Å². The summed E-state index contributed by atoms with van der Waals surface area (Å²) in [6.07, 6.45) is 10.4. The first-order valence-corrected chi connectivity index (χ1v) is 8.52. The van der Waals surface area contributed by atoms with Gasteiger partial charge >= 0.3 is 6.03 Å². The number of nitrogens with one attached hydrogen (secondary N) is 2. The zero-order valence-corrected chi connectivity index (χ0v) is 13.2. The van der Waals surface area contributed by atoms with Crippen molar-refractivity contribution in [3.8, 4) is 0 Å². The van der Waals surface area contributed by atoms with Gasteiger partial charge in [0.05, 0.1) is 6.04 Å². The van der Waals surface area contributed by atoms with E-state index < -0.39 is 0 Å². The van der Waals surface area contributed by atoms with E-state index in [0.29, 0.717) is 0 Å². The van der Waals surface area contributed by atoms with E-state index >= 15 is 0 Å². The molecule has 0 radical (unpaired) electrons. The van der Waals surface area contributed by atoms with Crippen molar-refractivity contribution >= 4 is 11.9 Å². The Bertz CT molecular complexity index is 345. The standard InChI is InChI=1S/C16H29N3O2/c1-13(19-11-7-2-3-8-12-19)15(20)18-16(21)17-14-9-5-4-6-10-14/h13-14H,2-12H2,1H3,(H2,17,18,20,21)/t13-/m0/s1. The number of urea groups is 1. The molecule has 0 aromatic rings. The summed E-state index contributed by atoms with van der Waals surface area (Å²) in [5.74, 6) is -0.176.